The maximum absolute atomic E-state index is 11.2. The Balaban J connectivity index is 2.37. The zero-order chi connectivity index (χ0) is 14.0. The molecule has 1 aliphatic carbocycles. The molecule has 6 heteroatoms. The van der Waals surface area contributed by atoms with E-state index in [9.17, 15) is 4.79 Å². The Morgan fingerprint density at radius 2 is 2.26 bits per heavy atom. The fourth-order valence-electron chi connectivity index (χ4n) is 2.30. The fraction of sp³-hybridized carbons (Fsp3) is 0.538. The SMILES string of the molecule is CNC(=O)ON=C1CC(C)(C)Cc2csc(SC)c21. The van der Waals surface area contributed by atoms with Crippen LogP contribution in [0.15, 0.2) is 14.7 Å². The van der Waals surface area contributed by atoms with Crippen LogP contribution < -0.4 is 5.32 Å². The zero-order valence-corrected chi connectivity index (χ0v) is 13.2. The molecule has 1 aliphatic rings. The number of nitrogens with zero attached hydrogens (tertiary/aromatic N) is 1. The van der Waals surface area contributed by atoms with Crippen molar-refractivity contribution in [3.05, 3.63) is 16.5 Å². The normalized spacial score (nSPS) is 19.1. The topological polar surface area (TPSA) is 50.7 Å². The van der Waals surface area contributed by atoms with Crippen LogP contribution in [0.5, 0.6) is 0 Å². The Hall–Kier alpha value is -1.01. The van der Waals surface area contributed by atoms with Gasteiger partial charge in [-0.2, -0.15) is 0 Å². The van der Waals surface area contributed by atoms with E-state index >= 15 is 0 Å². The number of carbonyl (C=O) groups is 1. The van der Waals surface area contributed by atoms with E-state index in [0.29, 0.717) is 0 Å². The van der Waals surface area contributed by atoms with E-state index in [2.05, 4.69) is 36.0 Å². The second-order valence-corrected chi connectivity index (χ2v) is 7.27. The molecule has 0 radical (unpaired) electrons. The molecule has 0 aliphatic heterocycles. The average Bonchev–Trinajstić information content (AvgIpc) is 2.76. The Bertz CT molecular complexity index is 521. The van der Waals surface area contributed by atoms with Crippen molar-refractivity contribution in [2.24, 2.45) is 10.6 Å². The smallest absolute Gasteiger partial charge is 0.323 e. The van der Waals surface area contributed by atoms with Gasteiger partial charge in [0.2, 0.25) is 0 Å². The molecule has 0 saturated heterocycles. The van der Waals surface area contributed by atoms with Crippen molar-refractivity contribution in [2.45, 2.75) is 30.9 Å². The molecule has 0 aromatic carbocycles. The molecule has 1 amide bonds. The van der Waals surface area contributed by atoms with Gasteiger partial charge in [0.05, 0.1) is 9.92 Å². The summed E-state index contributed by atoms with van der Waals surface area (Å²) in [6.07, 6.45) is 3.39. The highest BCUT2D eigenvalue weighted by molar-refractivity contribution is 8.00. The van der Waals surface area contributed by atoms with Crippen molar-refractivity contribution in [3.63, 3.8) is 0 Å². The molecule has 1 aromatic heterocycles. The standard InChI is InChI=1S/C13H18N2O2S2/c1-13(2)5-8-7-19-11(18-4)10(8)9(6-13)15-17-12(16)14-3/h7H,5-6H2,1-4H3,(H,14,16). The van der Waals surface area contributed by atoms with Gasteiger partial charge in [0, 0.05) is 12.6 Å². The highest BCUT2D eigenvalue weighted by atomic mass is 32.2. The van der Waals surface area contributed by atoms with Gasteiger partial charge in [0.25, 0.3) is 0 Å². The lowest BCUT2D eigenvalue weighted by atomic mass is 9.75. The molecule has 0 saturated carbocycles. The van der Waals surface area contributed by atoms with Crippen LogP contribution >= 0.6 is 23.1 Å². The average molecular weight is 298 g/mol. The zero-order valence-electron chi connectivity index (χ0n) is 11.6. The van der Waals surface area contributed by atoms with Crippen LogP contribution in [0.1, 0.15) is 31.4 Å². The summed E-state index contributed by atoms with van der Waals surface area (Å²) in [5.41, 5.74) is 3.50. The van der Waals surface area contributed by atoms with Crippen LogP contribution in [-0.2, 0) is 11.3 Å². The van der Waals surface area contributed by atoms with E-state index in [0.717, 1.165) is 18.6 Å². The molecular weight excluding hydrogens is 280 g/mol. The molecular formula is C13H18N2O2S2. The van der Waals surface area contributed by atoms with Crippen molar-refractivity contribution >= 4 is 34.9 Å². The van der Waals surface area contributed by atoms with Gasteiger partial charge in [-0.1, -0.05) is 19.0 Å². The van der Waals surface area contributed by atoms with Crippen molar-refractivity contribution in [1.29, 1.82) is 0 Å². The second kappa shape index (κ2) is 5.54. The first-order chi connectivity index (χ1) is 8.96. The number of oxime groups is 1. The number of carbonyl (C=O) groups excluding carboxylic acids is 1. The molecule has 0 bridgehead atoms. The van der Waals surface area contributed by atoms with Gasteiger partial charge in [-0.25, -0.2) is 4.79 Å². The molecule has 19 heavy (non-hydrogen) atoms. The number of hydrogen-bond acceptors (Lipinski definition) is 5. The summed E-state index contributed by atoms with van der Waals surface area (Å²) in [5.74, 6) is 0. The molecule has 1 N–H and O–H groups in total. The minimum absolute atomic E-state index is 0.147. The molecule has 1 heterocycles. The van der Waals surface area contributed by atoms with Gasteiger partial charge < -0.3 is 5.32 Å². The number of rotatable bonds is 2. The van der Waals surface area contributed by atoms with E-state index in [1.54, 1.807) is 23.1 Å². The third-order valence-electron chi connectivity index (χ3n) is 3.07. The maximum atomic E-state index is 11.2. The Kier molecular flexibility index (Phi) is 4.20. The van der Waals surface area contributed by atoms with Gasteiger partial charge in [-0.15, -0.1) is 23.1 Å². The van der Waals surface area contributed by atoms with Crippen molar-refractivity contribution in [1.82, 2.24) is 5.32 Å². The quantitative estimate of drug-likeness (QED) is 0.516. The van der Waals surface area contributed by atoms with E-state index in [1.165, 1.54) is 22.4 Å². The highest BCUT2D eigenvalue weighted by Gasteiger charge is 2.32. The van der Waals surface area contributed by atoms with Crippen LogP contribution in [0.4, 0.5) is 4.79 Å². The van der Waals surface area contributed by atoms with Crippen LogP contribution in [0.2, 0.25) is 0 Å². The summed E-state index contributed by atoms with van der Waals surface area (Å²) in [6, 6.07) is 0. The molecule has 104 valence electrons. The summed E-state index contributed by atoms with van der Waals surface area (Å²) < 4.78 is 1.24. The lowest BCUT2D eigenvalue weighted by molar-refractivity contribution is 0.152. The first-order valence-electron chi connectivity index (χ1n) is 6.07. The Morgan fingerprint density at radius 3 is 2.89 bits per heavy atom. The fourth-order valence-corrected chi connectivity index (χ4v) is 4.10. The second-order valence-electron chi connectivity index (χ2n) is 5.31. The Labute approximate surface area is 121 Å². The summed E-state index contributed by atoms with van der Waals surface area (Å²) in [5, 5.41) is 8.66. The minimum atomic E-state index is -0.529. The van der Waals surface area contributed by atoms with E-state index in [-0.39, 0.29) is 5.41 Å². The van der Waals surface area contributed by atoms with Crippen LogP contribution in [0.25, 0.3) is 0 Å². The number of hydrogen-bond donors (Lipinski definition) is 1. The van der Waals surface area contributed by atoms with Gasteiger partial charge in [-0.3, -0.25) is 4.84 Å². The number of nitrogens with one attached hydrogen (secondary N) is 1. The van der Waals surface area contributed by atoms with Crippen molar-refractivity contribution in [3.8, 4) is 0 Å². The predicted molar refractivity (Wildman–Crippen MR) is 80.3 cm³/mol. The van der Waals surface area contributed by atoms with Gasteiger partial charge in [0.15, 0.2) is 0 Å². The number of thioether (sulfide) groups is 1. The van der Waals surface area contributed by atoms with E-state index in [1.807, 2.05) is 0 Å². The molecule has 1 aromatic rings. The van der Waals surface area contributed by atoms with Crippen molar-refractivity contribution < 1.29 is 9.63 Å². The molecule has 0 atom stereocenters. The van der Waals surface area contributed by atoms with Crippen molar-refractivity contribution in [2.75, 3.05) is 13.3 Å². The molecule has 0 unspecified atom stereocenters. The summed E-state index contributed by atoms with van der Waals surface area (Å²) >= 11 is 3.45. The summed E-state index contributed by atoms with van der Waals surface area (Å²) in [4.78, 5) is 16.1. The van der Waals surface area contributed by atoms with Crippen LogP contribution in [-0.4, -0.2) is 25.1 Å². The maximum Gasteiger partial charge on any atom is 0.433 e. The van der Waals surface area contributed by atoms with E-state index < -0.39 is 6.09 Å². The minimum Gasteiger partial charge on any atom is -0.323 e. The monoisotopic (exact) mass is 298 g/mol. The largest absolute Gasteiger partial charge is 0.433 e. The molecule has 0 fully saturated rings. The first-order valence-corrected chi connectivity index (χ1v) is 8.17. The summed E-state index contributed by atoms with van der Waals surface area (Å²) in [7, 11) is 1.52. The lowest BCUT2D eigenvalue weighted by Gasteiger charge is -2.30. The first kappa shape index (κ1) is 14.4. The molecule has 0 spiro atoms. The number of fused-ring (bicyclic) bond motifs is 1. The predicted octanol–water partition coefficient (Wildman–Crippen LogP) is 3.50. The van der Waals surface area contributed by atoms with Gasteiger partial charge >= 0.3 is 6.09 Å². The Morgan fingerprint density at radius 1 is 1.53 bits per heavy atom. The number of amides is 1. The van der Waals surface area contributed by atoms with E-state index in [4.69, 9.17) is 4.84 Å². The highest BCUT2D eigenvalue weighted by Crippen LogP contribution is 2.42. The van der Waals surface area contributed by atoms with Crippen LogP contribution in [0, 0.1) is 5.41 Å². The van der Waals surface area contributed by atoms with Crippen LogP contribution in [0.3, 0.4) is 0 Å². The molecule has 4 nitrogen and oxygen atoms in total. The number of thiophene rings is 1. The third kappa shape index (κ3) is 3.12. The van der Waals surface area contributed by atoms with Gasteiger partial charge in [0.1, 0.15) is 0 Å². The summed E-state index contributed by atoms with van der Waals surface area (Å²) in [6.45, 7) is 4.42. The third-order valence-corrected chi connectivity index (χ3v) is 5.25. The lowest BCUT2D eigenvalue weighted by Crippen LogP contribution is -2.27. The molecule has 2 rings (SSSR count). The van der Waals surface area contributed by atoms with Gasteiger partial charge in [-0.05, 0) is 35.5 Å².